The number of ether oxygens (including phenoxy) is 1. The molecule has 2 aromatic heterocycles. The average Bonchev–Trinajstić information content (AvgIpc) is 2.90. The first-order valence-electron chi connectivity index (χ1n) is 9.20. The number of nitrogens with zero attached hydrogens (tertiary/aromatic N) is 3. The zero-order chi connectivity index (χ0) is 18.6. The molecule has 1 amide bonds. The van der Waals surface area contributed by atoms with E-state index in [0.717, 1.165) is 34.9 Å². The van der Waals surface area contributed by atoms with E-state index in [1.807, 2.05) is 30.3 Å². The van der Waals surface area contributed by atoms with Gasteiger partial charge in [-0.05, 0) is 43.2 Å². The van der Waals surface area contributed by atoms with Gasteiger partial charge < -0.3 is 9.64 Å². The molecular formula is C20H22N4O2S. The monoisotopic (exact) mass is 382 g/mol. The summed E-state index contributed by atoms with van der Waals surface area (Å²) in [6, 6.07) is 9.43. The van der Waals surface area contributed by atoms with E-state index in [4.69, 9.17) is 4.74 Å². The fourth-order valence-corrected chi connectivity index (χ4v) is 4.15. The molecule has 0 bridgehead atoms. The summed E-state index contributed by atoms with van der Waals surface area (Å²) in [5.74, 6) is 1.52. The maximum Gasteiger partial charge on any atom is 0.259 e. The zero-order valence-electron chi connectivity index (χ0n) is 15.3. The van der Waals surface area contributed by atoms with E-state index in [9.17, 15) is 4.79 Å². The average molecular weight is 382 g/mol. The molecule has 140 valence electrons. The summed E-state index contributed by atoms with van der Waals surface area (Å²) in [6.07, 6.45) is 6.61. The number of hydrogen-bond donors (Lipinski definition) is 1. The first-order chi connectivity index (χ1) is 13.2. The highest BCUT2D eigenvalue weighted by Gasteiger charge is 2.14. The molecule has 7 heteroatoms. The smallest absolute Gasteiger partial charge is 0.259 e. The van der Waals surface area contributed by atoms with Crippen molar-refractivity contribution >= 4 is 38.4 Å². The lowest BCUT2D eigenvalue weighted by molar-refractivity contribution is 0.102. The van der Waals surface area contributed by atoms with Gasteiger partial charge in [0.1, 0.15) is 11.6 Å². The second kappa shape index (κ2) is 7.92. The van der Waals surface area contributed by atoms with E-state index in [-0.39, 0.29) is 5.91 Å². The highest BCUT2D eigenvalue weighted by molar-refractivity contribution is 7.22. The van der Waals surface area contributed by atoms with Gasteiger partial charge in [-0.2, -0.15) is 0 Å². The SMILES string of the molecule is COc1ccc2nc(NC(=O)c3ccc(N4CCCCCC4)nc3)sc2c1. The van der Waals surface area contributed by atoms with Gasteiger partial charge in [0.2, 0.25) is 0 Å². The standard InChI is InChI=1S/C20H22N4O2S/c1-26-15-7-8-16-17(12-15)27-20(22-16)23-19(25)14-6-9-18(21-13-14)24-10-4-2-3-5-11-24/h6-9,12-13H,2-5,10-11H2,1H3,(H,22,23,25). The van der Waals surface area contributed by atoms with Gasteiger partial charge in [-0.3, -0.25) is 10.1 Å². The van der Waals surface area contributed by atoms with E-state index in [1.54, 1.807) is 13.3 Å². The van der Waals surface area contributed by atoms with Crippen molar-refractivity contribution in [3.05, 3.63) is 42.1 Å². The Morgan fingerprint density at radius 3 is 2.67 bits per heavy atom. The molecule has 1 saturated heterocycles. The highest BCUT2D eigenvalue weighted by atomic mass is 32.1. The van der Waals surface area contributed by atoms with Gasteiger partial charge in [0.15, 0.2) is 5.13 Å². The van der Waals surface area contributed by atoms with Crippen molar-refractivity contribution in [1.29, 1.82) is 0 Å². The third kappa shape index (κ3) is 4.03. The number of methoxy groups -OCH3 is 1. The van der Waals surface area contributed by atoms with Crippen LogP contribution in [0.3, 0.4) is 0 Å². The van der Waals surface area contributed by atoms with Crippen molar-refractivity contribution in [3.8, 4) is 5.75 Å². The maximum absolute atomic E-state index is 12.5. The van der Waals surface area contributed by atoms with Crippen LogP contribution in [0.25, 0.3) is 10.2 Å². The fourth-order valence-electron chi connectivity index (χ4n) is 3.26. The predicted octanol–water partition coefficient (Wildman–Crippen LogP) is 4.33. The number of carbonyl (C=O) groups excluding carboxylic acids is 1. The van der Waals surface area contributed by atoms with Crippen molar-refractivity contribution in [1.82, 2.24) is 9.97 Å². The van der Waals surface area contributed by atoms with Gasteiger partial charge in [-0.25, -0.2) is 9.97 Å². The molecule has 0 aliphatic carbocycles. The predicted molar refractivity (Wildman–Crippen MR) is 109 cm³/mol. The van der Waals surface area contributed by atoms with Crippen LogP contribution < -0.4 is 15.0 Å². The number of anilines is 2. The van der Waals surface area contributed by atoms with Gasteiger partial charge >= 0.3 is 0 Å². The van der Waals surface area contributed by atoms with Crippen LogP contribution in [0.1, 0.15) is 36.0 Å². The van der Waals surface area contributed by atoms with E-state index in [0.29, 0.717) is 10.7 Å². The summed E-state index contributed by atoms with van der Waals surface area (Å²) in [5, 5.41) is 3.44. The number of hydrogen-bond acceptors (Lipinski definition) is 6. The van der Waals surface area contributed by atoms with E-state index in [2.05, 4.69) is 20.2 Å². The number of nitrogens with one attached hydrogen (secondary N) is 1. The highest BCUT2D eigenvalue weighted by Crippen LogP contribution is 2.29. The Hall–Kier alpha value is -2.67. The second-order valence-corrected chi connectivity index (χ2v) is 7.64. The summed E-state index contributed by atoms with van der Waals surface area (Å²) < 4.78 is 6.20. The van der Waals surface area contributed by atoms with E-state index in [1.165, 1.54) is 37.0 Å². The van der Waals surface area contributed by atoms with Gasteiger partial charge in [0.25, 0.3) is 5.91 Å². The summed E-state index contributed by atoms with van der Waals surface area (Å²) in [4.78, 5) is 23.8. The molecule has 0 saturated carbocycles. The normalized spacial score (nSPS) is 14.8. The van der Waals surface area contributed by atoms with Gasteiger partial charge in [-0.15, -0.1) is 0 Å². The molecule has 6 nitrogen and oxygen atoms in total. The Morgan fingerprint density at radius 1 is 1.15 bits per heavy atom. The van der Waals surface area contributed by atoms with Crippen molar-refractivity contribution in [2.24, 2.45) is 0 Å². The lowest BCUT2D eigenvalue weighted by atomic mass is 10.2. The summed E-state index contributed by atoms with van der Waals surface area (Å²) in [5.41, 5.74) is 1.37. The van der Waals surface area contributed by atoms with Gasteiger partial charge in [-0.1, -0.05) is 24.2 Å². The summed E-state index contributed by atoms with van der Waals surface area (Å²) >= 11 is 1.43. The van der Waals surface area contributed by atoms with Crippen LogP contribution >= 0.6 is 11.3 Å². The van der Waals surface area contributed by atoms with Crippen LogP contribution in [-0.2, 0) is 0 Å². The van der Waals surface area contributed by atoms with Gasteiger partial charge in [0, 0.05) is 19.3 Å². The third-order valence-electron chi connectivity index (χ3n) is 4.76. The lowest BCUT2D eigenvalue weighted by Gasteiger charge is -2.21. The van der Waals surface area contributed by atoms with E-state index < -0.39 is 0 Å². The second-order valence-electron chi connectivity index (χ2n) is 6.61. The number of carbonyl (C=O) groups is 1. The molecule has 0 atom stereocenters. The van der Waals surface area contributed by atoms with Crippen LogP contribution in [0, 0.1) is 0 Å². The molecule has 1 fully saturated rings. The molecule has 3 aromatic rings. The van der Waals surface area contributed by atoms with Crippen molar-refractivity contribution in [2.75, 3.05) is 30.4 Å². The fraction of sp³-hybridized carbons (Fsp3) is 0.350. The molecule has 4 rings (SSSR count). The Morgan fingerprint density at radius 2 is 1.96 bits per heavy atom. The number of rotatable bonds is 4. The molecule has 1 aromatic carbocycles. The molecule has 0 unspecified atom stereocenters. The van der Waals surface area contributed by atoms with Crippen molar-refractivity contribution < 1.29 is 9.53 Å². The first-order valence-corrected chi connectivity index (χ1v) is 10.0. The largest absolute Gasteiger partial charge is 0.497 e. The first kappa shape index (κ1) is 17.7. The molecule has 1 aliphatic rings. The molecule has 27 heavy (non-hydrogen) atoms. The number of pyridine rings is 1. The minimum Gasteiger partial charge on any atom is -0.497 e. The lowest BCUT2D eigenvalue weighted by Crippen LogP contribution is -2.25. The van der Waals surface area contributed by atoms with Crippen molar-refractivity contribution in [2.45, 2.75) is 25.7 Å². The summed E-state index contributed by atoms with van der Waals surface area (Å²) in [7, 11) is 1.63. The molecule has 0 spiro atoms. The molecule has 1 N–H and O–H groups in total. The quantitative estimate of drug-likeness (QED) is 0.727. The molecule has 0 radical (unpaired) electrons. The molecule has 1 aliphatic heterocycles. The van der Waals surface area contributed by atoms with Crippen LogP contribution in [-0.4, -0.2) is 36.1 Å². The number of fused-ring (bicyclic) bond motifs is 1. The third-order valence-corrected chi connectivity index (χ3v) is 5.69. The molecule has 3 heterocycles. The van der Waals surface area contributed by atoms with Crippen LogP contribution in [0.4, 0.5) is 10.9 Å². The zero-order valence-corrected chi connectivity index (χ0v) is 16.1. The Labute approximate surface area is 162 Å². The minimum atomic E-state index is -0.198. The minimum absolute atomic E-state index is 0.198. The Kier molecular flexibility index (Phi) is 5.20. The molecular weight excluding hydrogens is 360 g/mol. The number of thiazole rings is 1. The Balaban J connectivity index is 1.46. The maximum atomic E-state index is 12.5. The van der Waals surface area contributed by atoms with Crippen LogP contribution in [0.2, 0.25) is 0 Å². The van der Waals surface area contributed by atoms with Gasteiger partial charge in [0.05, 0.1) is 22.9 Å². The topological polar surface area (TPSA) is 67.3 Å². The number of benzene rings is 1. The van der Waals surface area contributed by atoms with Crippen molar-refractivity contribution in [3.63, 3.8) is 0 Å². The summed E-state index contributed by atoms with van der Waals surface area (Å²) in [6.45, 7) is 2.07. The van der Waals surface area contributed by atoms with Crippen LogP contribution in [0.15, 0.2) is 36.5 Å². The number of aromatic nitrogens is 2. The van der Waals surface area contributed by atoms with E-state index >= 15 is 0 Å². The number of amides is 1. The Bertz CT molecular complexity index is 931. The van der Waals surface area contributed by atoms with Crippen LogP contribution in [0.5, 0.6) is 5.75 Å².